The number of hydrogen-bond acceptors (Lipinski definition) is 5. The zero-order chi connectivity index (χ0) is 22.6. The monoisotopic (exact) mass is 426 g/mol. The number of hydrogen-bond donors (Lipinski definition) is 0. The minimum Gasteiger partial charge on any atom is -0.370 e. The fraction of sp³-hybridized carbons (Fsp3) is 0.640. The van der Waals surface area contributed by atoms with E-state index in [0.29, 0.717) is 12.2 Å². The largest absolute Gasteiger partial charge is 0.370 e. The summed E-state index contributed by atoms with van der Waals surface area (Å²) in [6, 6.07) is 2.20. The Morgan fingerprint density at radius 2 is 2.16 bits per heavy atom. The molecular weight excluding hydrogens is 388 g/mol. The molecule has 1 aliphatic carbocycles. The Kier molecular flexibility index (Phi) is 7.52. The Bertz CT molecular complexity index is 918. The Morgan fingerprint density at radius 1 is 1.39 bits per heavy atom. The first kappa shape index (κ1) is 23.5. The van der Waals surface area contributed by atoms with Crippen molar-refractivity contribution < 1.29 is 9.53 Å². The van der Waals surface area contributed by atoms with E-state index in [4.69, 9.17) is 14.8 Å². The van der Waals surface area contributed by atoms with Gasteiger partial charge in [-0.2, -0.15) is 0 Å². The predicted molar refractivity (Wildman–Crippen MR) is 126 cm³/mol. The quantitative estimate of drug-likeness (QED) is 0.577. The first-order valence-electron chi connectivity index (χ1n) is 11.7. The second-order valence-corrected chi connectivity index (χ2v) is 9.01. The normalized spacial score (nSPS) is 25.1. The van der Waals surface area contributed by atoms with Gasteiger partial charge in [0.15, 0.2) is 11.5 Å². The SMILES string of the molecule is C=CCCC.CCC(=O)C1CCC1(OC)c1nc2c(C)cc(N3CCC(C)C3)cn2n1. The molecule has 0 N–H and O–H groups in total. The zero-order valence-corrected chi connectivity index (χ0v) is 19.9. The zero-order valence-electron chi connectivity index (χ0n) is 19.9. The molecule has 0 amide bonds. The predicted octanol–water partition coefficient (Wildman–Crippen LogP) is 5.09. The molecule has 6 nitrogen and oxygen atoms in total. The molecule has 4 rings (SSSR count). The van der Waals surface area contributed by atoms with Crippen LogP contribution in [0.3, 0.4) is 0 Å². The molecule has 1 aliphatic heterocycles. The molecule has 0 spiro atoms. The topological polar surface area (TPSA) is 59.7 Å². The van der Waals surface area contributed by atoms with Crippen LogP contribution in [0.15, 0.2) is 24.9 Å². The van der Waals surface area contributed by atoms with Crippen LogP contribution in [0, 0.1) is 18.8 Å². The minimum atomic E-state index is -0.659. The van der Waals surface area contributed by atoms with Crippen LogP contribution in [0.5, 0.6) is 0 Å². The van der Waals surface area contributed by atoms with Gasteiger partial charge in [0.25, 0.3) is 0 Å². The van der Waals surface area contributed by atoms with Gasteiger partial charge in [-0.3, -0.25) is 4.79 Å². The van der Waals surface area contributed by atoms with Crippen molar-refractivity contribution in [3.8, 4) is 0 Å². The number of Topliss-reactive ketones (excluding diaryl/α,β-unsaturated/α-hetero) is 1. The number of fused-ring (bicyclic) bond motifs is 1. The lowest BCUT2D eigenvalue weighted by Crippen LogP contribution is -2.50. The number of aryl methyl sites for hydroxylation is 1. The summed E-state index contributed by atoms with van der Waals surface area (Å²) in [4.78, 5) is 19.5. The molecule has 3 unspecified atom stereocenters. The van der Waals surface area contributed by atoms with Gasteiger partial charge < -0.3 is 9.64 Å². The molecule has 0 radical (unpaired) electrons. The van der Waals surface area contributed by atoms with Crippen molar-refractivity contribution in [1.29, 1.82) is 0 Å². The summed E-state index contributed by atoms with van der Waals surface area (Å²) in [5.41, 5.74) is 2.48. The molecule has 2 fully saturated rings. The van der Waals surface area contributed by atoms with E-state index in [1.807, 2.05) is 17.5 Å². The van der Waals surface area contributed by atoms with Gasteiger partial charge in [-0.25, -0.2) is 9.50 Å². The standard InChI is InChI=1S/C20H28N4O2.C5H10/c1-5-17(25)16-6-8-20(16,26-4)19-21-18-14(3)10-15(12-24(18)22-19)23-9-7-13(2)11-23;1-3-5-4-2/h10,12-13,16H,5-9,11H2,1-4H3;3H,1,4-5H2,2H3. The Balaban J connectivity index is 0.000000491. The van der Waals surface area contributed by atoms with E-state index in [1.165, 1.54) is 18.5 Å². The van der Waals surface area contributed by atoms with Crippen molar-refractivity contribution in [2.24, 2.45) is 11.8 Å². The number of carbonyl (C=O) groups excluding carboxylic acids is 1. The lowest BCUT2D eigenvalue weighted by Gasteiger charge is -2.45. The number of anilines is 1. The molecule has 0 aromatic carbocycles. The van der Waals surface area contributed by atoms with Gasteiger partial charge in [0.05, 0.1) is 17.8 Å². The number of unbranched alkanes of at least 4 members (excludes halogenated alkanes) is 1. The first-order chi connectivity index (χ1) is 14.9. The molecule has 170 valence electrons. The molecule has 3 heterocycles. The second-order valence-electron chi connectivity index (χ2n) is 9.01. The van der Waals surface area contributed by atoms with Crippen LogP contribution in [0.25, 0.3) is 5.65 Å². The highest BCUT2D eigenvalue weighted by Gasteiger charge is 2.54. The van der Waals surface area contributed by atoms with E-state index >= 15 is 0 Å². The number of allylic oxidation sites excluding steroid dienone is 1. The molecule has 0 bridgehead atoms. The van der Waals surface area contributed by atoms with E-state index in [1.54, 1.807) is 7.11 Å². The highest BCUT2D eigenvalue weighted by atomic mass is 16.5. The second kappa shape index (κ2) is 9.94. The molecule has 2 aromatic rings. The van der Waals surface area contributed by atoms with Crippen LogP contribution in [0.2, 0.25) is 0 Å². The van der Waals surface area contributed by atoms with E-state index in [-0.39, 0.29) is 11.7 Å². The lowest BCUT2D eigenvalue weighted by atomic mass is 9.66. The molecule has 3 atom stereocenters. The summed E-state index contributed by atoms with van der Waals surface area (Å²) < 4.78 is 7.71. The van der Waals surface area contributed by atoms with Crippen molar-refractivity contribution >= 4 is 17.1 Å². The number of carbonyl (C=O) groups is 1. The Labute approximate surface area is 186 Å². The third-order valence-electron chi connectivity index (χ3n) is 6.73. The number of aromatic nitrogens is 3. The number of rotatable bonds is 7. The summed E-state index contributed by atoms with van der Waals surface area (Å²) >= 11 is 0. The van der Waals surface area contributed by atoms with Gasteiger partial charge in [-0.05, 0) is 50.2 Å². The van der Waals surface area contributed by atoms with Crippen molar-refractivity contribution in [2.45, 2.75) is 71.8 Å². The van der Waals surface area contributed by atoms with Crippen molar-refractivity contribution in [2.75, 3.05) is 25.1 Å². The number of nitrogens with zero attached hydrogens (tertiary/aromatic N) is 4. The van der Waals surface area contributed by atoms with Crippen LogP contribution < -0.4 is 4.90 Å². The molecule has 1 saturated heterocycles. The Morgan fingerprint density at radius 3 is 2.65 bits per heavy atom. The fourth-order valence-corrected chi connectivity index (χ4v) is 4.68. The van der Waals surface area contributed by atoms with Gasteiger partial charge >= 0.3 is 0 Å². The maximum Gasteiger partial charge on any atom is 0.184 e. The average molecular weight is 427 g/mol. The minimum absolute atomic E-state index is 0.130. The number of pyridine rings is 1. The molecule has 6 heteroatoms. The van der Waals surface area contributed by atoms with Crippen molar-refractivity contribution in [3.05, 3.63) is 36.3 Å². The highest BCUT2D eigenvalue weighted by Crippen LogP contribution is 2.49. The molecular formula is C25H38N4O2. The molecule has 31 heavy (non-hydrogen) atoms. The lowest BCUT2D eigenvalue weighted by molar-refractivity contribution is -0.162. The third kappa shape index (κ3) is 4.54. The Hall–Kier alpha value is -2.21. The van der Waals surface area contributed by atoms with Crippen LogP contribution >= 0.6 is 0 Å². The average Bonchev–Trinajstić information content (AvgIpc) is 3.36. The van der Waals surface area contributed by atoms with Gasteiger partial charge in [0.2, 0.25) is 0 Å². The molecule has 2 aliphatic rings. The van der Waals surface area contributed by atoms with Crippen LogP contribution in [0.4, 0.5) is 5.69 Å². The van der Waals surface area contributed by atoms with Gasteiger partial charge in [-0.1, -0.05) is 33.3 Å². The summed E-state index contributed by atoms with van der Waals surface area (Å²) in [7, 11) is 1.67. The maximum absolute atomic E-state index is 12.3. The number of ether oxygens (including phenoxy) is 1. The maximum atomic E-state index is 12.3. The first-order valence-corrected chi connectivity index (χ1v) is 11.7. The summed E-state index contributed by atoms with van der Waals surface area (Å²) in [6.07, 6.45) is 9.78. The van der Waals surface area contributed by atoms with Gasteiger partial charge in [0.1, 0.15) is 11.4 Å². The van der Waals surface area contributed by atoms with E-state index < -0.39 is 5.60 Å². The van der Waals surface area contributed by atoms with E-state index in [9.17, 15) is 4.79 Å². The van der Waals surface area contributed by atoms with E-state index in [0.717, 1.165) is 49.5 Å². The van der Waals surface area contributed by atoms with Crippen LogP contribution in [0.1, 0.15) is 70.7 Å². The van der Waals surface area contributed by atoms with E-state index in [2.05, 4.69) is 44.5 Å². The summed E-state index contributed by atoms with van der Waals surface area (Å²) in [5.74, 6) is 1.48. The molecule has 1 saturated carbocycles. The van der Waals surface area contributed by atoms with Gasteiger partial charge in [-0.15, -0.1) is 11.7 Å². The van der Waals surface area contributed by atoms with Crippen molar-refractivity contribution in [3.63, 3.8) is 0 Å². The summed E-state index contributed by atoms with van der Waals surface area (Å²) in [5, 5.41) is 4.76. The summed E-state index contributed by atoms with van der Waals surface area (Å²) in [6.45, 7) is 14.1. The van der Waals surface area contributed by atoms with Crippen LogP contribution in [-0.2, 0) is 15.1 Å². The van der Waals surface area contributed by atoms with Gasteiger partial charge in [0, 0.05) is 26.6 Å². The van der Waals surface area contributed by atoms with Crippen molar-refractivity contribution in [1.82, 2.24) is 14.6 Å². The third-order valence-corrected chi connectivity index (χ3v) is 6.73. The highest BCUT2D eigenvalue weighted by molar-refractivity contribution is 5.83. The van der Waals surface area contributed by atoms with Crippen LogP contribution in [-0.4, -0.2) is 40.6 Å². The fourth-order valence-electron chi connectivity index (χ4n) is 4.68. The molecule has 2 aromatic heterocycles. The number of methoxy groups -OCH3 is 1. The smallest absolute Gasteiger partial charge is 0.184 e. The number of ketones is 1.